The van der Waals surface area contributed by atoms with Gasteiger partial charge in [-0.1, -0.05) is 155 Å². The third kappa shape index (κ3) is 39.6. The number of carboxylic acids is 3. The van der Waals surface area contributed by atoms with Gasteiger partial charge in [0.1, 0.15) is 0 Å². The van der Waals surface area contributed by atoms with E-state index in [4.69, 9.17) is 25.5 Å². The summed E-state index contributed by atoms with van der Waals surface area (Å²) in [6.07, 6.45) is 31.8. The quantitative estimate of drug-likeness (QED) is 0.0609. The number of carboxylic acid groups (broad SMARTS) is 3. The molecule has 0 fully saturated rings. The van der Waals surface area contributed by atoms with E-state index < -0.39 is 36.4 Å². The van der Waals surface area contributed by atoms with Gasteiger partial charge < -0.3 is 28.4 Å². The molecule has 0 heterocycles. The van der Waals surface area contributed by atoms with E-state index in [-0.39, 0.29) is 106 Å². The molecule has 10 heteroatoms. The number of carbonyl (C=O) groups is 3. The molecule has 0 amide bonds. The summed E-state index contributed by atoms with van der Waals surface area (Å²) in [7, 11) is 0. The van der Waals surface area contributed by atoms with E-state index in [0.29, 0.717) is 6.61 Å². The second kappa shape index (κ2) is 38.8. The number of hydrogen-bond donors (Lipinski definition) is 5. The summed E-state index contributed by atoms with van der Waals surface area (Å²) < 4.78 is 0. The van der Waals surface area contributed by atoms with Gasteiger partial charge in [-0.3, -0.25) is 9.59 Å². The molecule has 0 atom stereocenters. The second-order valence-electron chi connectivity index (χ2n) is 11.3. The van der Waals surface area contributed by atoms with Gasteiger partial charge in [-0.15, -0.1) is 0 Å². The molecule has 0 radical (unpaired) electrons. The summed E-state index contributed by atoms with van der Waals surface area (Å²) in [6.45, 7) is 2.67. The third-order valence-corrected chi connectivity index (χ3v) is 7.30. The van der Waals surface area contributed by atoms with Crippen molar-refractivity contribution >= 4 is 17.9 Å². The van der Waals surface area contributed by atoms with Gasteiger partial charge in [0.25, 0.3) is 0 Å². The molecule has 0 aromatic rings. The number of unbranched alkanes of at least 4 members (excludes halogenated alkanes) is 23. The van der Waals surface area contributed by atoms with Crippen LogP contribution in [0.25, 0.3) is 0 Å². The minimum absolute atomic E-state index is 0. The van der Waals surface area contributed by atoms with Crippen LogP contribution in [-0.2, 0) is 14.4 Å². The van der Waals surface area contributed by atoms with Crippen LogP contribution in [0.3, 0.4) is 0 Å². The van der Waals surface area contributed by atoms with Crippen molar-refractivity contribution in [1.82, 2.24) is 0 Å². The van der Waals surface area contributed by atoms with Gasteiger partial charge in [0, 0.05) is 6.61 Å². The Morgan fingerprint density at radius 3 is 0.857 bits per heavy atom. The summed E-state index contributed by atoms with van der Waals surface area (Å²) in [5.41, 5.74) is -2.74. The van der Waals surface area contributed by atoms with Crippen LogP contribution in [0, 0.1) is 0 Å². The number of rotatable bonds is 29. The zero-order valence-electron chi connectivity index (χ0n) is 29.6. The van der Waals surface area contributed by atoms with Crippen LogP contribution in [0.2, 0.25) is 0 Å². The molecule has 0 aliphatic carbocycles. The minimum atomic E-state index is -2.74. The van der Waals surface area contributed by atoms with Crippen LogP contribution in [0.4, 0.5) is 0 Å². The average Bonchev–Trinajstić information content (AvgIpc) is 2.88. The first-order valence-electron chi connectivity index (χ1n) is 16.2. The fourth-order valence-corrected chi connectivity index (χ4v) is 4.79. The van der Waals surface area contributed by atoms with E-state index in [1.165, 1.54) is 148 Å². The molecule has 0 saturated heterocycles. The molecule has 0 aliphatic rings. The molecule has 242 valence electrons. The molecule has 8 nitrogen and oxygen atoms in total. The molecule has 0 spiro atoms. The Kier molecular flexibility index (Phi) is 46.6. The van der Waals surface area contributed by atoms with Gasteiger partial charge in [-0.25, -0.2) is 4.79 Å². The van der Waals surface area contributed by atoms with Crippen LogP contribution in [0.5, 0.6) is 0 Å². The van der Waals surface area contributed by atoms with E-state index in [2.05, 4.69) is 6.92 Å². The number of aliphatic hydroxyl groups excluding tert-OH is 1. The molecule has 0 aromatic heterocycles. The molecule has 0 aliphatic heterocycles. The van der Waals surface area contributed by atoms with Crippen LogP contribution in [0.1, 0.15) is 177 Å². The van der Waals surface area contributed by atoms with Crippen molar-refractivity contribution < 1.29 is 146 Å². The number of aliphatic carboxylic acids is 3. The standard InChI is InChI=1S/C26H54O.C6H8O7.2K.2H/c1-2-3-4-5-6-7-8-9-10-11-12-13-14-15-16-17-18-19-20-21-22-23-24-25-26-27;7-3(8)1-6(13,5(11)12)2-4(9)10;;;;/h27H,2-26H2,1H3;13H,1-2H2,(H,7,8)(H,9,10)(H,11,12);;;;/q;;2*+1;2*-1. The third-order valence-electron chi connectivity index (χ3n) is 7.30. The van der Waals surface area contributed by atoms with Gasteiger partial charge in [0.2, 0.25) is 0 Å². The van der Waals surface area contributed by atoms with Crippen molar-refractivity contribution in [2.24, 2.45) is 0 Å². The fourth-order valence-electron chi connectivity index (χ4n) is 4.79. The summed E-state index contributed by atoms with van der Waals surface area (Å²) in [5, 5.41) is 42.5. The van der Waals surface area contributed by atoms with Crippen molar-refractivity contribution in [3.8, 4) is 0 Å². The SMILES string of the molecule is CCCCCCCCCCCCCCCCCCCCCCCCCCO.O=C(O)CC(O)(CC(=O)O)C(=O)O.[H-].[H-].[K+].[K+]. The Balaban J connectivity index is -0.000000182. The Morgan fingerprint density at radius 1 is 0.476 bits per heavy atom. The first-order chi connectivity index (χ1) is 19.2. The molecule has 0 aromatic carbocycles. The van der Waals surface area contributed by atoms with Gasteiger partial charge >= 0.3 is 121 Å². The van der Waals surface area contributed by atoms with Crippen LogP contribution in [-0.4, -0.2) is 55.6 Å². The Morgan fingerprint density at radius 2 is 0.690 bits per heavy atom. The molecule has 0 rings (SSSR count). The monoisotopic (exact) mass is 654 g/mol. The Hall–Kier alpha value is 1.60. The van der Waals surface area contributed by atoms with E-state index in [9.17, 15) is 14.4 Å². The maximum Gasteiger partial charge on any atom is 1.00 e. The Labute approximate surface area is 344 Å². The molecular weight excluding hydrogens is 591 g/mol. The molecular formula is C32H64K2O8. The first kappa shape index (κ1) is 50.5. The van der Waals surface area contributed by atoms with Gasteiger partial charge in [-0.05, 0) is 6.42 Å². The van der Waals surface area contributed by atoms with Crippen molar-refractivity contribution in [2.45, 2.75) is 179 Å². The van der Waals surface area contributed by atoms with Gasteiger partial charge in [0.15, 0.2) is 5.60 Å². The van der Waals surface area contributed by atoms with E-state index in [0.717, 1.165) is 6.42 Å². The van der Waals surface area contributed by atoms with E-state index in [1.54, 1.807) is 0 Å². The second-order valence-corrected chi connectivity index (χ2v) is 11.3. The van der Waals surface area contributed by atoms with Crippen LogP contribution in [0.15, 0.2) is 0 Å². The number of aliphatic hydroxyl groups is 2. The van der Waals surface area contributed by atoms with Crippen molar-refractivity contribution in [3.05, 3.63) is 0 Å². The summed E-state index contributed by atoms with van der Waals surface area (Å²) in [4.78, 5) is 30.5. The largest absolute Gasteiger partial charge is 1.00 e. The van der Waals surface area contributed by atoms with Crippen LogP contribution >= 0.6 is 0 Å². The average molecular weight is 655 g/mol. The fraction of sp³-hybridized carbons (Fsp3) is 0.906. The van der Waals surface area contributed by atoms with Crippen LogP contribution < -0.4 is 103 Å². The molecule has 0 bridgehead atoms. The smallest absolute Gasteiger partial charge is 1.00 e. The maximum atomic E-state index is 10.3. The van der Waals surface area contributed by atoms with Crippen molar-refractivity contribution in [3.63, 3.8) is 0 Å². The zero-order valence-corrected chi connectivity index (χ0v) is 33.8. The molecule has 0 unspecified atom stereocenters. The molecule has 5 N–H and O–H groups in total. The predicted octanol–water partition coefficient (Wildman–Crippen LogP) is 2.35. The van der Waals surface area contributed by atoms with E-state index in [1.807, 2.05) is 0 Å². The first-order valence-corrected chi connectivity index (χ1v) is 16.2. The Bertz CT molecular complexity index is 577. The normalized spacial score (nSPS) is 10.6. The molecule has 42 heavy (non-hydrogen) atoms. The van der Waals surface area contributed by atoms with Gasteiger partial charge in [0.05, 0.1) is 12.8 Å². The summed E-state index contributed by atoms with van der Waals surface area (Å²) in [6, 6.07) is 0. The topological polar surface area (TPSA) is 152 Å². The zero-order chi connectivity index (χ0) is 30.3. The van der Waals surface area contributed by atoms with Crippen molar-refractivity contribution in [2.75, 3.05) is 6.61 Å². The maximum absolute atomic E-state index is 10.3. The van der Waals surface area contributed by atoms with E-state index >= 15 is 0 Å². The number of hydrogen-bond acceptors (Lipinski definition) is 5. The predicted molar refractivity (Wildman–Crippen MR) is 163 cm³/mol. The van der Waals surface area contributed by atoms with Crippen molar-refractivity contribution in [1.29, 1.82) is 0 Å². The van der Waals surface area contributed by atoms with Gasteiger partial charge in [-0.2, -0.15) is 0 Å². The summed E-state index contributed by atoms with van der Waals surface area (Å²) in [5.74, 6) is -5.02. The summed E-state index contributed by atoms with van der Waals surface area (Å²) >= 11 is 0. The molecule has 0 saturated carbocycles. The minimum Gasteiger partial charge on any atom is -1.00 e.